The minimum Gasteiger partial charge on any atom is -0.394 e. The summed E-state index contributed by atoms with van der Waals surface area (Å²) in [5, 5.41) is 11.9. The van der Waals surface area contributed by atoms with Gasteiger partial charge in [0.25, 0.3) is 5.56 Å². The lowest BCUT2D eigenvalue weighted by atomic mass is 10.0. The molecule has 0 saturated heterocycles. The normalized spacial score (nSPS) is 15.0. The molecule has 0 saturated carbocycles. The number of benzene rings is 1. The molecule has 0 bridgehead atoms. The first-order valence-electron chi connectivity index (χ1n) is 6.46. The predicted octanol–water partition coefficient (Wildman–Crippen LogP) is 1.73. The van der Waals surface area contributed by atoms with Crippen LogP contribution in [-0.2, 0) is 6.54 Å². The Bertz CT molecular complexity index is 766. The van der Waals surface area contributed by atoms with Crippen molar-refractivity contribution in [2.45, 2.75) is 13.5 Å². The number of allylic oxidation sites excluding steroid dienone is 1. The topological polar surface area (TPSA) is 70.4 Å². The van der Waals surface area contributed by atoms with Crippen LogP contribution in [0, 0.1) is 6.92 Å². The van der Waals surface area contributed by atoms with Crippen molar-refractivity contribution in [2.75, 3.05) is 6.61 Å². The van der Waals surface area contributed by atoms with Crippen molar-refractivity contribution < 1.29 is 5.11 Å². The van der Waals surface area contributed by atoms with E-state index in [2.05, 4.69) is 10.1 Å². The zero-order chi connectivity index (χ0) is 14.1. The van der Waals surface area contributed by atoms with Gasteiger partial charge in [-0.2, -0.15) is 0 Å². The molecule has 1 aliphatic heterocycles. The van der Waals surface area contributed by atoms with E-state index in [1.807, 2.05) is 37.3 Å². The van der Waals surface area contributed by atoms with Crippen LogP contribution in [0.4, 0.5) is 5.69 Å². The maximum absolute atomic E-state index is 12.2. The molecule has 0 spiro atoms. The van der Waals surface area contributed by atoms with Crippen molar-refractivity contribution in [3.63, 3.8) is 0 Å². The quantitative estimate of drug-likeness (QED) is 0.891. The summed E-state index contributed by atoms with van der Waals surface area (Å²) < 4.78 is 1.42. The lowest BCUT2D eigenvalue weighted by molar-refractivity contribution is 0.267. The number of H-pyrrole nitrogens is 1. The minimum atomic E-state index is -0.123. The van der Waals surface area contributed by atoms with Crippen molar-refractivity contribution in [2.24, 2.45) is 4.99 Å². The number of nitrogens with one attached hydrogen (secondary N) is 1. The molecule has 5 nitrogen and oxygen atoms in total. The third-order valence-corrected chi connectivity index (χ3v) is 3.36. The summed E-state index contributed by atoms with van der Waals surface area (Å²) in [7, 11) is 0. The van der Waals surface area contributed by atoms with Crippen molar-refractivity contribution in [1.82, 2.24) is 9.78 Å². The maximum atomic E-state index is 12.2. The Morgan fingerprint density at radius 1 is 1.40 bits per heavy atom. The zero-order valence-corrected chi connectivity index (χ0v) is 11.1. The summed E-state index contributed by atoms with van der Waals surface area (Å²) in [6.07, 6.45) is 3.62. The molecular formula is C15H15N3O2. The Kier molecular flexibility index (Phi) is 3.12. The van der Waals surface area contributed by atoms with E-state index in [1.165, 1.54) is 4.68 Å². The summed E-state index contributed by atoms with van der Waals surface area (Å²) >= 11 is 0. The number of aliphatic hydroxyl groups is 1. The summed E-state index contributed by atoms with van der Waals surface area (Å²) in [6.45, 7) is 2.05. The Morgan fingerprint density at radius 2 is 2.20 bits per heavy atom. The number of aromatic amines is 1. The largest absolute Gasteiger partial charge is 0.394 e. The Morgan fingerprint density at radius 3 is 3.00 bits per heavy atom. The van der Waals surface area contributed by atoms with Crippen molar-refractivity contribution >= 4 is 23.6 Å². The van der Waals surface area contributed by atoms with E-state index < -0.39 is 0 Å². The fourth-order valence-electron chi connectivity index (χ4n) is 2.36. The third kappa shape index (κ3) is 2.02. The Balaban J connectivity index is 2.07. The second-order valence-corrected chi connectivity index (χ2v) is 4.71. The second kappa shape index (κ2) is 4.94. The van der Waals surface area contributed by atoms with Crippen molar-refractivity contribution in [1.29, 1.82) is 0 Å². The maximum Gasteiger partial charge on any atom is 0.274 e. The number of aliphatic hydroxyl groups excluding tert-OH is 1. The average Bonchev–Trinajstić information content (AvgIpc) is 2.97. The van der Waals surface area contributed by atoms with Crippen LogP contribution in [0.25, 0.3) is 11.6 Å². The van der Waals surface area contributed by atoms with Gasteiger partial charge in [0.05, 0.1) is 24.4 Å². The average molecular weight is 269 g/mol. The van der Waals surface area contributed by atoms with Crippen molar-refractivity contribution in [3.8, 4) is 0 Å². The number of hydrogen-bond donors (Lipinski definition) is 2. The number of nitrogens with zero attached hydrogens (tertiary/aromatic N) is 2. The molecule has 1 aromatic carbocycles. The molecule has 102 valence electrons. The van der Waals surface area contributed by atoms with Crippen LogP contribution in [0.15, 0.2) is 34.1 Å². The van der Waals surface area contributed by atoms with Gasteiger partial charge in [-0.15, -0.1) is 0 Å². The van der Waals surface area contributed by atoms with Crippen LogP contribution < -0.4 is 5.56 Å². The molecule has 0 radical (unpaired) electrons. The second-order valence-electron chi connectivity index (χ2n) is 4.71. The lowest BCUT2D eigenvalue weighted by Gasteiger charge is -1.98. The third-order valence-electron chi connectivity index (χ3n) is 3.36. The monoisotopic (exact) mass is 269 g/mol. The number of aromatic nitrogens is 2. The molecule has 2 N–H and O–H groups in total. The summed E-state index contributed by atoms with van der Waals surface area (Å²) in [6, 6.07) is 7.83. The van der Waals surface area contributed by atoms with E-state index >= 15 is 0 Å². The number of aryl methyl sites for hydroxylation is 1. The van der Waals surface area contributed by atoms with Gasteiger partial charge in [-0.25, -0.2) is 0 Å². The molecule has 0 unspecified atom stereocenters. The molecule has 1 aliphatic rings. The van der Waals surface area contributed by atoms with Crippen LogP contribution in [0.5, 0.6) is 0 Å². The molecule has 0 atom stereocenters. The Labute approximate surface area is 115 Å². The van der Waals surface area contributed by atoms with Gasteiger partial charge < -0.3 is 5.11 Å². The van der Waals surface area contributed by atoms with Gasteiger partial charge >= 0.3 is 0 Å². The highest BCUT2D eigenvalue weighted by Gasteiger charge is 2.14. The fraction of sp³-hybridized carbons (Fsp3) is 0.200. The summed E-state index contributed by atoms with van der Waals surface area (Å²) in [5.41, 5.74) is 4.15. The molecule has 3 rings (SSSR count). The smallest absolute Gasteiger partial charge is 0.274 e. The van der Waals surface area contributed by atoms with E-state index in [4.69, 9.17) is 5.11 Å². The molecule has 0 fully saturated rings. The number of fused-ring (bicyclic) bond motifs is 1. The SMILES string of the molecule is Cc1[nH]n(CCO)c(=O)c1/C=C1\C=Nc2ccccc21. The highest BCUT2D eigenvalue weighted by Crippen LogP contribution is 2.31. The van der Waals surface area contributed by atoms with Crippen LogP contribution in [-0.4, -0.2) is 27.7 Å². The first-order valence-corrected chi connectivity index (χ1v) is 6.46. The predicted molar refractivity (Wildman–Crippen MR) is 79.3 cm³/mol. The van der Waals surface area contributed by atoms with Gasteiger partial charge in [-0.05, 0) is 19.1 Å². The molecule has 20 heavy (non-hydrogen) atoms. The van der Waals surface area contributed by atoms with Gasteiger partial charge in [0.1, 0.15) is 0 Å². The zero-order valence-electron chi connectivity index (χ0n) is 11.1. The molecular weight excluding hydrogens is 254 g/mol. The van der Waals surface area contributed by atoms with Gasteiger partial charge in [-0.3, -0.25) is 19.6 Å². The van der Waals surface area contributed by atoms with Gasteiger partial charge in [0, 0.05) is 23.0 Å². The number of para-hydroxylation sites is 1. The standard InChI is InChI=1S/C15H15N3O2/c1-10-13(15(20)18(17-10)6-7-19)8-11-9-16-14-5-3-2-4-12(11)14/h2-5,8-9,17,19H,6-7H2,1H3/b11-8+. The highest BCUT2D eigenvalue weighted by molar-refractivity contribution is 6.21. The van der Waals surface area contributed by atoms with Crippen molar-refractivity contribution in [3.05, 3.63) is 51.4 Å². The first kappa shape index (κ1) is 12.6. The van der Waals surface area contributed by atoms with Gasteiger partial charge in [-0.1, -0.05) is 18.2 Å². The van der Waals surface area contributed by atoms with E-state index in [-0.39, 0.29) is 18.7 Å². The molecule has 0 amide bonds. The van der Waals surface area contributed by atoms with E-state index in [9.17, 15) is 4.79 Å². The number of hydrogen-bond acceptors (Lipinski definition) is 3. The van der Waals surface area contributed by atoms with E-state index in [1.54, 1.807) is 6.21 Å². The number of aliphatic imine (C=N–C) groups is 1. The van der Waals surface area contributed by atoms with Gasteiger partial charge in [0.2, 0.25) is 0 Å². The van der Waals surface area contributed by atoms with E-state index in [0.717, 1.165) is 22.5 Å². The minimum absolute atomic E-state index is 0.0693. The van der Waals surface area contributed by atoms with Crippen LogP contribution >= 0.6 is 0 Å². The summed E-state index contributed by atoms with van der Waals surface area (Å²) in [4.78, 5) is 16.5. The van der Waals surface area contributed by atoms with E-state index in [0.29, 0.717) is 5.56 Å². The molecule has 5 heteroatoms. The Hall–Kier alpha value is -2.40. The lowest BCUT2D eigenvalue weighted by Crippen LogP contribution is -2.19. The first-order chi connectivity index (χ1) is 9.70. The molecule has 0 aliphatic carbocycles. The van der Waals surface area contributed by atoms with Crippen LogP contribution in [0.2, 0.25) is 0 Å². The fourth-order valence-corrected chi connectivity index (χ4v) is 2.36. The van der Waals surface area contributed by atoms with Crippen LogP contribution in [0.3, 0.4) is 0 Å². The molecule has 2 heterocycles. The molecule has 2 aromatic rings. The highest BCUT2D eigenvalue weighted by atomic mass is 16.3. The van der Waals surface area contributed by atoms with Gasteiger partial charge in [0.15, 0.2) is 0 Å². The molecule has 1 aromatic heterocycles. The number of rotatable bonds is 3. The summed E-state index contributed by atoms with van der Waals surface area (Å²) in [5.74, 6) is 0. The van der Waals surface area contributed by atoms with Crippen LogP contribution in [0.1, 0.15) is 16.8 Å².